The highest BCUT2D eigenvalue weighted by Crippen LogP contribution is 2.20. The van der Waals surface area contributed by atoms with Crippen LogP contribution in [0, 0.1) is 5.92 Å². The van der Waals surface area contributed by atoms with Crippen molar-refractivity contribution in [3.8, 4) is 0 Å². The van der Waals surface area contributed by atoms with Crippen molar-refractivity contribution in [3.05, 3.63) is 17.7 Å². The smallest absolute Gasteiger partial charge is 0.354 e. The van der Waals surface area contributed by atoms with E-state index in [1.807, 2.05) is 4.57 Å². The maximum absolute atomic E-state index is 10.8. The zero-order chi connectivity index (χ0) is 9.42. The molecule has 2 heterocycles. The van der Waals surface area contributed by atoms with E-state index in [1.165, 1.54) is 6.20 Å². The van der Waals surface area contributed by atoms with Gasteiger partial charge in [-0.15, -0.1) is 12.4 Å². The Morgan fingerprint density at radius 3 is 3.07 bits per heavy atom. The first-order chi connectivity index (χ1) is 6.18. The number of carboxylic acid groups (broad SMARTS) is 1. The molecule has 0 amide bonds. The molecule has 1 aromatic rings. The number of nitrogens with zero attached hydrogens (tertiary/aromatic N) is 2. The summed E-state index contributed by atoms with van der Waals surface area (Å²) in [6.07, 6.45) is 3.40. The number of hydrogen-bond acceptors (Lipinski definition) is 2. The molecule has 2 rings (SSSR count). The van der Waals surface area contributed by atoms with Crippen molar-refractivity contribution in [2.45, 2.75) is 26.3 Å². The maximum atomic E-state index is 10.8. The summed E-state index contributed by atoms with van der Waals surface area (Å²) < 4.78 is 1.81. The number of rotatable bonds is 1. The first-order valence-corrected chi connectivity index (χ1v) is 4.46. The number of aromatic carboxylic acids is 1. The van der Waals surface area contributed by atoms with Gasteiger partial charge in [0, 0.05) is 13.0 Å². The molecule has 0 fully saturated rings. The monoisotopic (exact) mass is 216 g/mol. The zero-order valence-electron chi connectivity index (χ0n) is 7.93. The van der Waals surface area contributed by atoms with Gasteiger partial charge in [0.2, 0.25) is 0 Å². The number of aromatic nitrogens is 2. The van der Waals surface area contributed by atoms with Gasteiger partial charge in [-0.3, -0.25) is 0 Å². The molecule has 0 bridgehead atoms. The van der Waals surface area contributed by atoms with Crippen molar-refractivity contribution in [3.63, 3.8) is 0 Å². The van der Waals surface area contributed by atoms with Crippen LogP contribution in [0.4, 0.5) is 0 Å². The normalized spacial score (nSPS) is 19.6. The van der Waals surface area contributed by atoms with E-state index in [0.29, 0.717) is 11.6 Å². The average Bonchev–Trinajstić information content (AvgIpc) is 2.46. The Morgan fingerprint density at radius 1 is 1.71 bits per heavy atom. The molecule has 1 unspecified atom stereocenters. The largest absolute Gasteiger partial charge is 0.477 e. The molecule has 78 valence electrons. The molecule has 1 aliphatic rings. The molecule has 14 heavy (non-hydrogen) atoms. The standard InChI is InChI=1S/C9H12N2O2.ClH/c1-6-2-3-11-7(9(12)13)5-10-8(11)4-6;/h5-6H,2-4H2,1H3,(H,12,13);1H. The molecular formula is C9H13ClN2O2. The predicted molar refractivity (Wildman–Crippen MR) is 53.9 cm³/mol. The second kappa shape index (κ2) is 4.00. The third-order valence-electron chi connectivity index (χ3n) is 2.53. The Labute approximate surface area is 88.4 Å². The Morgan fingerprint density at radius 2 is 2.43 bits per heavy atom. The van der Waals surface area contributed by atoms with E-state index in [-0.39, 0.29) is 12.4 Å². The van der Waals surface area contributed by atoms with Crippen LogP contribution in [0.25, 0.3) is 0 Å². The number of hydrogen-bond donors (Lipinski definition) is 1. The van der Waals surface area contributed by atoms with E-state index in [1.54, 1.807) is 0 Å². The van der Waals surface area contributed by atoms with Crippen LogP contribution in [-0.2, 0) is 13.0 Å². The molecule has 0 radical (unpaired) electrons. The Kier molecular flexibility index (Phi) is 3.16. The topological polar surface area (TPSA) is 55.1 Å². The van der Waals surface area contributed by atoms with Gasteiger partial charge >= 0.3 is 5.97 Å². The lowest BCUT2D eigenvalue weighted by atomic mass is 10.0. The van der Waals surface area contributed by atoms with Crippen LogP contribution in [0.3, 0.4) is 0 Å². The molecule has 0 saturated heterocycles. The molecule has 1 N–H and O–H groups in total. The molecule has 1 aromatic heterocycles. The Bertz CT molecular complexity index is 349. The van der Waals surface area contributed by atoms with Gasteiger partial charge in [-0.2, -0.15) is 0 Å². The number of fused-ring (bicyclic) bond motifs is 1. The van der Waals surface area contributed by atoms with Crippen molar-refractivity contribution in [1.29, 1.82) is 0 Å². The van der Waals surface area contributed by atoms with E-state index in [9.17, 15) is 4.79 Å². The minimum absolute atomic E-state index is 0. The maximum Gasteiger partial charge on any atom is 0.354 e. The third-order valence-corrected chi connectivity index (χ3v) is 2.53. The first-order valence-electron chi connectivity index (χ1n) is 4.46. The van der Waals surface area contributed by atoms with Crippen molar-refractivity contribution >= 4 is 18.4 Å². The molecule has 1 aliphatic heterocycles. The zero-order valence-corrected chi connectivity index (χ0v) is 8.75. The van der Waals surface area contributed by atoms with Crippen LogP contribution in [0.1, 0.15) is 29.7 Å². The van der Waals surface area contributed by atoms with Crippen LogP contribution in [0.2, 0.25) is 0 Å². The number of halogens is 1. The summed E-state index contributed by atoms with van der Waals surface area (Å²) in [5.74, 6) is 0.654. The summed E-state index contributed by atoms with van der Waals surface area (Å²) >= 11 is 0. The van der Waals surface area contributed by atoms with Crippen LogP contribution in [-0.4, -0.2) is 20.6 Å². The summed E-state index contributed by atoms with van der Waals surface area (Å²) in [4.78, 5) is 14.9. The molecular weight excluding hydrogens is 204 g/mol. The minimum Gasteiger partial charge on any atom is -0.477 e. The van der Waals surface area contributed by atoms with Crippen molar-refractivity contribution in [2.75, 3.05) is 0 Å². The highest BCUT2D eigenvalue weighted by Gasteiger charge is 2.21. The summed E-state index contributed by atoms with van der Waals surface area (Å²) in [5, 5.41) is 8.83. The summed E-state index contributed by atoms with van der Waals surface area (Å²) in [7, 11) is 0. The van der Waals surface area contributed by atoms with Crippen LogP contribution < -0.4 is 0 Å². The van der Waals surface area contributed by atoms with Crippen LogP contribution in [0.15, 0.2) is 6.20 Å². The molecule has 0 aromatic carbocycles. The number of carboxylic acids is 1. The van der Waals surface area contributed by atoms with Crippen molar-refractivity contribution in [2.24, 2.45) is 5.92 Å². The second-order valence-electron chi connectivity index (χ2n) is 3.61. The van der Waals surface area contributed by atoms with E-state index < -0.39 is 5.97 Å². The van der Waals surface area contributed by atoms with Gasteiger partial charge in [0.15, 0.2) is 0 Å². The van der Waals surface area contributed by atoms with Gasteiger partial charge in [0.25, 0.3) is 0 Å². The second-order valence-corrected chi connectivity index (χ2v) is 3.61. The molecule has 5 heteroatoms. The van der Waals surface area contributed by atoms with Gasteiger partial charge in [-0.1, -0.05) is 6.92 Å². The summed E-state index contributed by atoms with van der Waals surface area (Å²) in [5.41, 5.74) is 0.321. The minimum atomic E-state index is -0.881. The summed E-state index contributed by atoms with van der Waals surface area (Å²) in [6, 6.07) is 0. The lowest BCUT2D eigenvalue weighted by Crippen LogP contribution is -2.20. The van der Waals surface area contributed by atoms with Gasteiger partial charge in [-0.05, 0) is 12.3 Å². The highest BCUT2D eigenvalue weighted by molar-refractivity contribution is 5.85. The quantitative estimate of drug-likeness (QED) is 0.776. The van der Waals surface area contributed by atoms with Gasteiger partial charge in [0.05, 0.1) is 6.20 Å². The first kappa shape index (κ1) is 11.0. The van der Waals surface area contributed by atoms with E-state index >= 15 is 0 Å². The van der Waals surface area contributed by atoms with Crippen LogP contribution in [0.5, 0.6) is 0 Å². The van der Waals surface area contributed by atoms with Gasteiger partial charge in [0.1, 0.15) is 11.5 Å². The Balaban J connectivity index is 0.000000980. The molecule has 0 aliphatic carbocycles. The third kappa shape index (κ3) is 1.75. The molecule has 1 atom stereocenters. The van der Waals surface area contributed by atoms with Crippen LogP contribution >= 0.6 is 12.4 Å². The molecule has 0 saturated carbocycles. The molecule has 4 nitrogen and oxygen atoms in total. The van der Waals surface area contributed by atoms with Gasteiger partial charge in [-0.25, -0.2) is 9.78 Å². The molecule has 0 spiro atoms. The average molecular weight is 217 g/mol. The van der Waals surface area contributed by atoms with E-state index in [4.69, 9.17) is 5.11 Å². The fraction of sp³-hybridized carbons (Fsp3) is 0.556. The van der Waals surface area contributed by atoms with Crippen molar-refractivity contribution < 1.29 is 9.90 Å². The van der Waals surface area contributed by atoms with E-state index in [2.05, 4.69) is 11.9 Å². The number of carbonyl (C=O) groups is 1. The fourth-order valence-corrected chi connectivity index (χ4v) is 1.76. The lowest BCUT2D eigenvalue weighted by Gasteiger charge is -2.20. The predicted octanol–water partition coefficient (Wildman–Crippen LogP) is 1.59. The summed E-state index contributed by atoms with van der Waals surface area (Å²) in [6.45, 7) is 2.96. The Hall–Kier alpha value is -1.03. The van der Waals surface area contributed by atoms with Crippen molar-refractivity contribution in [1.82, 2.24) is 9.55 Å². The number of imidazole rings is 1. The van der Waals surface area contributed by atoms with E-state index in [0.717, 1.165) is 25.2 Å². The highest BCUT2D eigenvalue weighted by atomic mass is 35.5. The SMILES string of the molecule is CC1CCn2c(C(=O)O)cnc2C1.Cl. The van der Waals surface area contributed by atoms with Gasteiger partial charge < -0.3 is 9.67 Å². The fourth-order valence-electron chi connectivity index (χ4n) is 1.76. The lowest BCUT2D eigenvalue weighted by molar-refractivity contribution is 0.0683.